The van der Waals surface area contributed by atoms with Gasteiger partial charge in [0.25, 0.3) is 5.91 Å². The molecule has 0 fully saturated rings. The van der Waals surface area contributed by atoms with Crippen LogP contribution in [0.5, 0.6) is 0 Å². The van der Waals surface area contributed by atoms with Crippen LogP contribution in [0.2, 0.25) is 0 Å². The van der Waals surface area contributed by atoms with Crippen LogP contribution >= 0.6 is 0 Å². The number of carbonyl (C=O) groups excluding carboxylic acids is 1. The average molecular weight is 343 g/mol. The number of hydrogen-bond acceptors (Lipinski definition) is 6. The first-order valence-corrected chi connectivity index (χ1v) is 8.79. The number of hydrogen-bond donors (Lipinski definition) is 2. The van der Waals surface area contributed by atoms with E-state index in [-0.39, 0.29) is 10.5 Å². The van der Waals surface area contributed by atoms with Crippen LogP contribution in [0.4, 0.5) is 0 Å². The molecule has 3 rings (SSSR count). The molecule has 7 nitrogen and oxygen atoms in total. The van der Waals surface area contributed by atoms with Gasteiger partial charge in [0.05, 0.1) is 27.8 Å². The zero-order valence-electron chi connectivity index (χ0n) is 12.6. The number of amides is 1. The summed E-state index contributed by atoms with van der Waals surface area (Å²) in [6, 6.07) is 11.0. The van der Waals surface area contributed by atoms with Crippen LogP contribution in [0.15, 0.2) is 53.6 Å². The van der Waals surface area contributed by atoms with Gasteiger partial charge in [0, 0.05) is 17.4 Å². The third kappa shape index (κ3) is 3.10. The summed E-state index contributed by atoms with van der Waals surface area (Å²) in [5.74, 6) is -0.650. The highest BCUT2D eigenvalue weighted by Gasteiger charge is 2.11. The molecule has 8 heteroatoms. The molecule has 0 bridgehead atoms. The lowest BCUT2D eigenvalue weighted by Crippen LogP contribution is -2.18. The highest BCUT2D eigenvalue weighted by atomic mass is 32.2. The molecule has 0 spiro atoms. The Labute approximate surface area is 137 Å². The minimum atomic E-state index is -3.33. The topological polar surface area (TPSA) is 109 Å². The van der Waals surface area contributed by atoms with Crippen molar-refractivity contribution in [3.05, 3.63) is 54.2 Å². The van der Waals surface area contributed by atoms with E-state index in [4.69, 9.17) is 5.21 Å². The van der Waals surface area contributed by atoms with E-state index in [0.717, 1.165) is 6.26 Å². The molecule has 0 aliphatic carbocycles. The van der Waals surface area contributed by atoms with Gasteiger partial charge >= 0.3 is 0 Å². The van der Waals surface area contributed by atoms with Crippen molar-refractivity contribution in [2.45, 2.75) is 4.90 Å². The first kappa shape index (κ1) is 16.0. The number of benzene rings is 2. The summed E-state index contributed by atoms with van der Waals surface area (Å²) in [6.07, 6.45) is 2.67. The predicted molar refractivity (Wildman–Crippen MR) is 87.3 cm³/mol. The van der Waals surface area contributed by atoms with Gasteiger partial charge in [0.1, 0.15) is 0 Å². The van der Waals surface area contributed by atoms with Gasteiger partial charge in [-0.25, -0.2) is 18.9 Å². The average Bonchev–Trinajstić information content (AvgIpc) is 2.59. The summed E-state index contributed by atoms with van der Waals surface area (Å²) in [5.41, 5.74) is 3.92. The molecule has 0 aliphatic rings. The number of fused-ring (bicyclic) bond motifs is 1. The molecule has 0 radical (unpaired) electrons. The van der Waals surface area contributed by atoms with Crippen molar-refractivity contribution < 1.29 is 18.4 Å². The number of hydroxylamine groups is 1. The molecule has 2 aromatic carbocycles. The van der Waals surface area contributed by atoms with Crippen molar-refractivity contribution in [1.29, 1.82) is 0 Å². The standard InChI is InChI=1S/C16H13N3O4S/c1-24(22,23)12-4-2-3-10(7-12)15-9-17-13-6-5-11(16(20)19-21)8-14(13)18-15/h2-9,21H,1H3,(H,19,20). The Hall–Kier alpha value is -2.84. The third-order valence-electron chi connectivity index (χ3n) is 3.46. The van der Waals surface area contributed by atoms with Crippen molar-refractivity contribution in [3.8, 4) is 11.3 Å². The van der Waals surface area contributed by atoms with E-state index < -0.39 is 15.7 Å². The largest absolute Gasteiger partial charge is 0.288 e. The van der Waals surface area contributed by atoms with Crippen LogP contribution in [0.1, 0.15) is 10.4 Å². The number of nitrogens with zero attached hydrogens (tertiary/aromatic N) is 2. The molecule has 3 aromatic rings. The van der Waals surface area contributed by atoms with E-state index in [1.54, 1.807) is 23.7 Å². The van der Waals surface area contributed by atoms with Crippen LogP contribution in [0, 0.1) is 0 Å². The van der Waals surface area contributed by atoms with Gasteiger partial charge in [0.15, 0.2) is 9.84 Å². The summed E-state index contributed by atoms with van der Waals surface area (Å²) >= 11 is 0. The normalized spacial score (nSPS) is 11.4. The highest BCUT2D eigenvalue weighted by molar-refractivity contribution is 7.90. The zero-order chi connectivity index (χ0) is 17.3. The molecule has 0 saturated heterocycles. The maximum atomic E-state index is 11.7. The summed E-state index contributed by atoms with van der Waals surface area (Å²) in [7, 11) is -3.33. The lowest BCUT2D eigenvalue weighted by molar-refractivity contribution is 0.0706. The molecular weight excluding hydrogens is 330 g/mol. The van der Waals surface area contributed by atoms with Crippen molar-refractivity contribution in [2.75, 3.05) is 6.26 Å². The Morgan fingerprint density at radius 1 is 1.12 bits per heavy atom. The van der Waals surface area contributed by atoms with Gasteiger partial charge in [0.2, 0.25) is 0 Å². The van der Waals surface area contributed by atoms with Gasteiger partial charge in [-0.2, -0.15) is 0 Å². The Kier molecular flexibility index (Phi) is 4.00. The van der Waals surface area contributed by atoms with Gasteiger partial charge in [-0.05, 0) is 30.3 Å². The van der Waals surface area contributed by atoms with Gasteiger partial charge in [-0.1, -0.05) is 12.1 Å². The molecule has 0 unspecified atom stereocenters. The smallest absolute Gasteiger partial charge is 0.274 e. The van der Waals surface area contributed by atoms with Crippen LogP contribution in [0.3, 0.4) is 0 Å². The molecule has 0 saturated carbocycles. The van der Waals surface area contributed by atoms with Crippen molar-refractivity contribution in [3.63, 3.8) is 0 Å². The van der Waals surface area contributed by atoms with Crippen LogP contribution in [-0.4, -0.2) is 35.8 Å². The number of aromatic nitrogens is 2. The van der Waals surface area contributed by atoms with Crippen LogP contribution in [-0.2, 0) is 9.84 Å². The van der Waals surface area contributed by atoms with Gasteiger partial charge < -0.3 is 0 Å². The van der Waals surface area contributed by atoms with Crippen LogP contribution < -0.4 is 5.48 Å². The SMILES string of the molecule is CS(=O)(=O)c1cccc(-c2cnc3ccc(C(=O)NO)cc3n2)c1. The second kappa shape index (κ2) is 5.99. The Bertz CT molecular complexity index is 1050. The minimum absolute atomic E-state index is 0.190. The van der Waals surface area contributed by atoms with Crippen LogP contribution in [0.25, 0.3) is 22.3 Å². The predicted octanol–water partition coefficient (Wildman–Crippen LogP) is 1.82. The number of nitrogens with one attached hydrogen (secondary N) is 1. The molecule has 24 heavy (non-hydrogen) atoms. The quantitative estimate of drug-likeness (QED) is 0.554. The Morgan fingerprint density at radius 3 is 2.62 bits per heavy atom. The lowest BCUT2D eigenvalue weighted by Gasteiger charge is -2.06. The van der Waals surface area contributed by atoms with Gasteiger partial charge in [-0.15, -0.1) is 0 Å². The number of rotatable bonds is 3. The molecule has 122 valence electrons. The molecular formula is C16H13N3O4S. The second-order valence-corrected chi connectivity index (χ2v) is 7.22. The fourth-order valence-electron chi connectivity index (χ4n) is 2.24. The molecule has 0 atom stereocenters. The van der Waals surface area contributed by atoms with E-state index in [1.807, 2.05) is 0 Å². The fourth-order valence-corrected chi connectivity index (χ4v) is 2.91. The highest BCUT2D eigenvalue weighted by Crippen LogP contribution is 2.22. The van der Waals surface area contributed by atoms with E-state index in [9.17, 15) is 13.2 Å². The van der Waals surface area contributed by atoms with E-state index in [0.29, 0.717) is 22.3 Å². The first-order valence-electron chi connectivity index (χ1n) is 6.90. The summed E-state index contributed by atoms with van der Waals surface area (Å²) < 4.78 is 23.4. The third-order valence-corrected chi connectivity index (χ3v) is 4.57. The summed E-state index contributed by atoms with van der Waals surface area (Å²) in [6.45, 7) is 0. The molecule has 1 heterocycles. The van der Waals surface area contributed by atoms with E-state index in [1.165, 1.54) is 30.5 Å². The van der Waals surface area contributed by atoms with Gasteiger partial charge in [-0.3, -0.25) is 15.0 Å². The molecule has 0 aliphatic heterocycles. The maximum absolute atomic E-state index is 11.7. The summed E-state index contributed by atoms with van der Waals surface area (Å²) in [4.78, 5) is 20.4. The second-order valence-electron chi connectivity index (χ2n) is 5.20. The van der Waals surface area contributed by atoms with E-state index >= 15 is 0 Å². The van der Waals surface area contributed by atoms with Crippen molar-refractivity contribution >= 4 is 26.8 Å². The molecule has 2 N–H and O–H groups in total. The van der Waals surface area contributed by atoms with E-state index in [2.05, 4.69) is 9.97 Å². The Morgan fingerprint density at radius 2 is 1.92 bits per heavy atom. The zero-order valence-corrected chi connectivity index (χ0v) is 13.4. The fraction of sp³-hybridized carbons (Fsp3) is 0.0625. The first-order chi connectivity index (χ1) is 11.4. The number of carbonyl (C=O) groups is 1. The maximum Gasteiger partial charge on any atom is 0.274 e. The van der Waals surface area contributed by atoms with Crippen molar-refractivity contribution in [1.82, 2.24) is 15.4 Å². The lowest BCUT2D eigenvalue weighted by atomic mass is 10.1. The molecule has 1 amide bonds. The number of sulfone groups is 1. The Balaban J connectivity index is 2.12. The van der Waals surface area contributed by atoms with Crippen molar-refractivity contribution in [2.24, 2.45) is 0 Å². The summed E-state index contributed by atoms with van der Waals surface area (Å²) in [5, 5.41) is 8.71. The minimum Gasteiger partial charge on any atom is -0.288 e. The monoisotopic (exact) mass is 343 g/mol. The molecule has 1 aromatic heterocycles.